The molecule has 0 saturated carbocycles. The summed E-state index contributed by atoms with van der Waals surface area (Å²) in [6, 6.07) is 22.6. The van der Waals surface area contributed by atoms with Crippen molar-refractivity contribution in [1.82, 2.24) is 16.0 Å². The van der Waals surface area contributed by atoms with E-state index in [1.54, 1.807) is 72.8 Å². The molecule has 9 heteroatoms. The molecule has 36 heavy (non-hydrogen) atoms. The number of carbonyl (C=O) groups is 2. The standard InChI is InChI=1S/C27H31N5O4/c28-26(29)30-17-7-12-23(24(34)31-18-19-13-15-22(33)16-14-19)32-25(35)27(36,20-8-3-1-4-9-20)21-10-5-2-6-11-21/h1-6,8-11,13-16,23,33,36H,7,12,17-18H2,(H,31,34)(H,32,35)(H4,28,29,30)/t23-/m1/s1. The SMILES string of the molecule is N=C(N)NCCC[C@@H](NC(=O)C(O)(c1ccccc1)c1ccccc1)C(=O)NCc1ccc(O)cc1. The van der Waals surface area contributed by atoms with Crippen molar-refractivity contribution < 1.29 is 19.8 Å². The summed E-state index contributed by atoms with van der Waals surface area (Å²) in [7, 11) is 0. The molecular weight excluding hydrogens is 458 g/mol. The third-order valence-electron chi connectivity index (χ3n) is 5.72. The van der Waals surface area contributed by atoms with Crippen LogP contribution in [0.3, 0.4) is 0 Å². The van der Waals surface area contributed by atoms with Gasteiger partial charge in [-0.25, -0.2) is 0 Å². The summed E-state index contributed by atoms with van der Waals surface area (Å²) in [6.07, 6.45) is 0.680. The molecule has 0 saturated heterocycles. The molecule has 3 rings (SSSR count). The highest BCUT2D eigenvalue weighted by Crippen LogP contribution is 2.30. The highest BCUT2D eigenvalue weighted by atomic mass is 16.3. The molecule has 1 atom stereocenters. The molecule has 0 aliphatic rings. The van der Waals surface area contributed by atoms with Gasteiger partial charge in [-0.15, -0.1) is 0 Å². The van der Waals surface area contributed by atoms with Gasteiger partial charge in [0.25, 0.3) is 5.91 Å². The van der Waals surface area contributed by atoms with Crippen LogP contribution in [-0.4, -0.2) is 40.6 Å². The van der Waals surface area contributed by atoms with E-state index in [-0.39, 0.29) is 24.7 Å². The van der Waals surface area contributed by atoms with Gasteiger partial charge in [-0.1, -0.05) is 72.8 Å². The Balaban J connectivity index is 1.81. The molecule has 0 heterocycles. The summed E-state index contributed by atoms with van der Waals surface area (Å²) < 4.78 is 0. The van der Waals surface area contributed by atoms with Crippen molar-refractivity contribution in [3.05, 3.63) is 102 Å². The lowest BCUT2D eigenvalue weighted by Gasteiger charge is -2.30. The molecular formula is C27H31N5O4. The van der Waals surface area contributed by atoms with Crippen molar-refractivity contribution in [1.29, 1.82) is 5.41 Å². The van der Waals surface area contributed by atoms with Crippen LogP contribution >= 0.6 is 0 Å². The van der Waals surface area contributed by atoms with Crippen molar-refractivity contribution in [3.8, 4) is 5.75 Å². The minimum atomic E-state index is -2.02. The molecule has 0 aliphatic heterocycles. The van der Waals surface area contributed by atoms with Gasteiger partial charge in [0, 0.05) is 13.1 Å². The van der Waals surface area contributed by atoms with E-state index in [9.17, 15) is 19.8 Å². The van der Waals surface area contributed by atoms with Crippen LogP contribution in [0.5, 0.6) is 5.75 Å². The molecule has 0 aromatic heterocycles. The number of nitrogens with two attached hydrogens (primary N) is 1. The predicted molar refractivity (Wildman–Crippen MR) is 137 cm³/mol. The molecule has 0 aliphatic carbocycles. The number of guanidine groups is 1. The molecule has 8 N–H and O–H groups in total. The zero-order chi connectivity index (χ0) is 26.0. The van der Waals surface area contributed by atoms with Crippen molar-refractivity contribution in [2.75, 3.05) is 6.54 Å². The average Bonchev–Trinajstić information content (AvgIpc) is 2.90. The average molecular weight is 490 g/mol. The molecule has 9 nitrogen and oxygen atoms in total. The van der Waals surface area contributed by atoms with Gasteiger partial charge in [0.15, 0.2) is 11.6 Å². The Labute approximate surface area is 209 Å². The molecule has 3 aromatic rings. The zero-order valence-corrected chi connectivity index (χ0v) is 19.8. The highest BCUT2D eigenvalue weighted by Gasteiger charge is 2.41. The Kier molecular flexibility index (Phi) is 9.01. The monoisotopic (exact) mass is 489 g/mol. The number of phenols is 1. The number of aliphatic hydroxyl groups is 1. The van der Waals surface area contributed by atoms with Gasteiger partial charge in [-0.3, -0.25) is 15.0 Å². The van der Waals surface area contributed by atoms with Crippen LogP contribution in [0.1, 0.15) is 29.5 Å². The number of aromatic hydroxyl groups is 1. The summed E-state index contributed by atoms with van der Waals surface area (Å²) in [6.45, 7) is 0.535. The quantitative estimate of drug-likeness (QED) is 0.123. The number of amides is 2. The minimum absolute atomic E-state index is 0.120. The Morgan fingerprint density at radius 2 is 1.44 bits per heavy atom. The van der Waals surface area contributed by atoms with Crippen molar-refractivity contribution in [2.24, 2.45) is 5.73 Å². The van der Waals surface area contributed by atoms with Gasteiger partial charge in [0.2, 0.25) is 5.91 Å². The summed E-state index contributed by atoms with van der Waals surface area (Å²) in [5, 5.41) is 36.7. The maximum atomic E-state index is 13.6. The maximum absolute atomic E-state index is 13.6. The van der Waals surface area contributed by atoms with Crippen molar-refractivity contribution in [3.63, 3.8) is 0 Å². The maximum Gasteiger partial charge on any atom is 0.262 e. The third-order valence-corrected chi connectivity index (χ3v) is 5.72. The number of phenolic OH excluding ortho intramolecular Hbond substituents is 1. The van der Waals surface area contributed by atoms with Gasteiger partial charge in [0.1, 0.15) is 11.8 Å². The lowest BCUT2D eigenvalue weighted by molar-refractivity contribution is -0.140. The van der Waals surface area contributed by atoms with E-state index in [1.807, 2.05) is 0 Å². The van der Waals surface area contributed by atoms with E-state index in [0.29, 0.717) is 24.1 Å². The van der Waals surface area contributed by atoms with Gasteiger partial charge in [-0.05, 0) is 41.7 Å². The first kappa shape index (κ1) is 26.2. The number of carbonyl (C=O) groups excluding carboxylic acids is 2. The van der Waals surface area contributed by atoms with Gasteiger partial charge in [-0.2, -0.15) is 0 Å². The molecule has 0 unspecified atom stereocenters. The third kappa shape index (κ3) is 6.83. The Hall–Kier alpha value is -4.37. The van der Waals surface area contributed by atoms with E-state index < -0.39 is 23.5 Å². The fraction of sp³-hybridized carbons (Fsp3) is 0.222. The first-order valence-electron chi connectivity index (χ1n) is 11.6. The van der Waals surface area contributed by atoms with Crippen molar-refractivity contribution in [2.45, 2.75) is 31.0 Å². The van der Waals surface area contributed by atoms with Crippen LogP contribution in [0, 0.1) is 5.41 Å². The minimum Gasteiger partial charge on any atom is -0.508 e. The Morgan fingerprint density at radius 1 is 0.889 bits per heavy atom. The summed E-state index contributed by atoms with van der Waals surface area (Å²) in [4.78, 5) is 26.7. The van der Waals surface area contributed by atoms with E-state index in [0.717, 1.165) is 5.56 Å². The van der Waals surface area contributed by atoms with Crippen LogP contribution in [0.4, 0.5) is 0 Å². The lowest BCUT2D eigenvalue weighted by atomic mass is 9.85. The number of rotatable bonds is 11. The van der Waals surface area contributed by atoms with Crippen LogP contribution in [-0.2, 0) is 21.7 Å². The van der Waals surface area contributed by atoms with Crippen LogP contribution < -0.4 is 21.7 Å². The number of nitrogens with one attached hydrogen (secondary N) is 4. The summed E-state index contributed by atoms with van der Waals surface area (Å²) >= 11 is 0. The van der Waals surface area contributed by atoms with Gasteiger partial charge >= 0.3 is 0 Å². The molecule has 0 spiro atoms. The molecule has 0 radical (unpaired) electrons. The largest absolute Gasteiger partial charge is 0.508 e. The number of hydrogen-bond donors (Lipinski definition) is 7. The summed E-state index contributed by atoms with van der Waals surface area (Å²) in [5.41, 5.74) is 4.83. The lowest BCUT2D eigenvalue weighted by Crippen LogP contribution is -2.53. The first-order valence-corrected chi connectivity index (χ1v) is 11.6. The highest BCUT2D eigenvalue weighted by molar-refractivity contribution is 5.94. The van der Waals surface area contributed by atoms with E-state index in [4.69, 9.17) is 11.1 Å². The Bertz CT molecular complexity index is 1110. The second-order valence-corrected chi connectivity index (χ2v) is 8.34. The molecule has 2 amide bonds. The van der Waals surface area contributed by atoms with Crippen LogP contribution in [0.25, 0.3) is 0 Å². The van der Waals surface area contributed by atoms with Gasteiger partial charge in [0.05, 0.1) is 0 Å². The van der Waals surface area contributed by atoms with Crippen LogP contribution in [0.2, 0.25) is 0 Å². The van der Waals surface area contributed by atoms with E-state index in [2.05, 4.69) is 16.0 Å². The fourth-order valence-electron chi connectivity index (χ4n) is 3.77. The number of benzene rings is 3. The van der Waals surface area contributed by atoms with E-state index in [1.165, 1.54) is 12.1 Å². The first-order chi connectivity index (χ1) is 17.3. The van der Waals surface area contributed by atoms with E-state index >= 15 is 0 Å². The summed E-state index contributed by atoms with van der Waals surface area (Å²) in [5.74, 6) is -1.23. The second kappa shape index (κ2) is 12.4. The van der Waals surface area contributed by atoms with Crippen molar-refractivity contribution >= 4 is 17.8 Å². The van der Waals surface area contributed by atoms with Gasteiger partial charge < -0.3 is 31.9 Å². The Morgan fingerprint density at radius 3 is 1.97 bits per heavy atom. The molecule has 188 valence electrons. The normalized spacial score (nSPS) is 11.8. The smallest absolute Gasteiger partial charge is 0.262 e. The molecule has 0 bridgehead atoms. The zero-order valence-electron chi connectivity index (χ0n) is 19.8. The predicted octanol–water partition coefficient (Wildman–Crippen LogP) is 1.69. The fourth-order valence-corrected chi connectivity index (χ4v) is 3.77. The second-order valence-electron chi connectivity index (χ2n) is 8.34. The molecule has 0 fully saturated rings. The van der Waals surface area contributed by atoms with Crippen LogP contribution in [0.15, 0.2) is 84.9 Å². The number of hydrogen-bond acceptors (Lipinski definition) is 5. The topological polar surface area (TPSA) is 161 Å². The molecule has 3 aromatic carbocycles.